The molecule has 1 heteroatoms. The molecule has 0 heterocycles. The lowest BCUT2D eigenvalue weighted by molar-refractivity contribution is 0.223. The smallest absolute Gasteiger partial charge is 0.0689 e. The van der Waals surface area contributed by atoms with Crippen LogP contribution in [-0.4, -0.2) is 0 Å². The van der Waals surface area contributed by atoms with Gasteiger partial charge in [-0.15, -0.1) is 0 Å². The normalized spacial score (nSPS) is 19.3. The number of benzene rings is 2. The molecule has 0 saturated heterocycles. The van der Waals surface area contributed by atoms with Gasteiger partial charge in [0.05, 0.1) is 11.5 Å². The third kappa shape index (κ3) is 10.2. The highest BCUT2D eigenvalue weighted by atomic mass is 14.4. The molecule has 2 aromatic rings. The van der Waals surface area contributed by atoms with E-state index in [4.69, 9.17) is 0 Å². The van der Waals surface area contributed by atoms with Crippen LogP contribution in [0, 0.1) is 16.7 Å². The molecule has 0 aliphatic heterocycles. The summed E-state index contributed by atoms with van der Waals surface area (Å²) in [6.45, 7) is 4.56. The zero-order valence-electron chi connectivity index (χ0n) is 24.8. The van der Waals surface area contributed by atoms with Gasteiger partial charge >= 0.3 is 0 Å². The summed E-state index contributed by atoms with van der Waals surface area (Å²) in [5, 5.41) is 10.0. The fourth-order valence-electron chi connectivity index (χ4n) is 6.44. The van der Waals surface area contributed by atoms with E-state index in [0.29, 0.717) is 5.92 Å². The molecule has 2 aromatic carbocycles. The molecule has 208 valence electrons. The molecule has 38 heavy (non-hydrogen) atoms. The fourth-order valence-corrected chi connectivity index (χ4v) is 6.44. The van der Waals surface area contributed by atoms with Gasteiger partial charge in [-0.2, -0.15) is 5.26 Å². The SMILES string of the molecule is CCCCCCCCCc1ccc(-c2ccc(C3CCC(C#N)(CCCCCCCCC)CC3)cc2)cc1. The zero-order valence-corrected chi connectivity index (χ0v) is 24.8. The van der Waals surface area contributed by atoms with E-state index in [1.54, 1.807) is 0 Å². The van der Waals surface area contributed by atoms with E-state index in [-0.39, 0.29) is 5.41 Å². The molecule has 0 bridgehead atoms. The summed E-state index contributed by atoms with van der Waals surface area (Å²) in [6.07, 6.45) is 25.7. The molecular formula is C37H55N. The summed E-state index contributed by atoms with van der Waals surface area (Å²) in [6, 6.07) is 21.3. The Kier molecular flexibility index (Phi) is 14.0. The van der Waals surface area contributed by atoms with Crippen LogP contribution in [0.2, 0.25) is 0 Å². The van der Waals surface area contributed by atoms with Crippen LogP contribution < -0.4 is 0 Å². The Hall–Kier alpha value is -2.07. The van der Waals surface area contributed by atoms with Crippen LogP contribution in [0.1, 0.15) is 153 Å². The van der Waals surface area contributed by atoms with Gasteiger partial charge < -0.3 is 0 Å². The number of hydrogen-bond acceptors (Lipinski definition) is 1. The third-order valence-corrected chi connectivity index (χ3v) is 9.18. The predicted molar refractivity (Wildman–Crippen MR) is 165 cm³/mol. The van der Waals surface area contributed by atoms with Crippen molar-refractivity contribution in [1.82, 2.24) is 0 Å². The first kappa shape index (κ1) is 30.5. The Morgan fingerprint density at radius 2 is 1.11 bits per heavy atom. The molecule has 1 fully saturated rings. The van der Waals surface area contributed by atoms with Crippen LogP contribution in [0.15, 0.2) is 48.5 Å². The van der Waals surface area contributed by atoms with E-state index in [2.05, 4.69) is 68.4 Å². The second kappa shape index (κ2) is 17.5. The van der Waals surface area contributed by atoms with Gasteiger partial charge in [0.1, 0.15) is 0 Å². The van der Waals surface area contributed by atoms with Crippen LogP contribution in [0.25, 0.3) is 11.1 Å². The monoisotopic (exact) mass is 513 g/mol. The number of aryl methyl sites for hydroxylation is 1. The molecule has 0 N–H and O–H groups in total. The summed E-state index contributed by atoms with van der Waals surface area (Å²) in [5.41, 5.74) is 5.51. The van der Waals surface area contributed by atoms with Crippen LogP contribution in [0.4, 0.5) is 0 Å². The van der Waals surface area contributed by atoms with E-state index >= 15 is 0 Å². The van der Waals surface area contributed by atoms with E-state index < -0.39 is 0 Å². The maximum absolute atomic E-state index is 10.0. The largest absolute Gasteiger partial charge is 0.198 e. The lowest BCUT2D eigenvalue weighted by atomic mass is 9.67. The van der Waals surface area contributed by atoms with Gasteiger partial charge in [-0.25, -0.2) is 0 Å². The maximum Gasteiger partial charge on any atom is 0.0689 e. The van der Waals surface area contributed by atoms with Crippen LogP contribution >= 0.6 is 0 Å². The Morgan fingerprint density at radius 1 is 0.632 bits per heavy atom. The highest BCUT2D eigenvalue weighted by molar-refractivity contribution is 5.64. The summed E-state index contributed by atoms with van der Waals surface area (Å²) in [5.74, 6) is 0.615. The predicted octanol–water partition coefficient (Wildman–Crippen LogP) is 12.0. The Bertz CT molecular complexity index is 909. The molecule has 0 unspecified atom stereocenters. The van der Waals surface area contributed by atoms with Gasteiger partial charge in [-0.1, -0.05) is 146 Å². The van der Waals surface area contributed by atoms with Gasteiger partial charge in [0.15, 0.2) is 0 Å². The van der Waals surface area contributed by atoms with Crippen molar-refractivity contribution >= 4 is 0 Å². The average molecular weight is 514 g/mol. The van der Waals surface area contributed by atoms with Crippen molar-refractivity contribution in [2.24, 2.45) is 5.41 Å². The summed E-state index contributed by atoms with van der Waals surface area (Å²) < 4.78 is 0. The lowest BCUT2D eigenvalue weighted by Gasteiger charge is -2.35. The van der Waals surface area contributed by atoms with Crippen molar-refractivity contribution in [2.75, 3.05) is 0 Å². The van der Waals surface area contributed by atoms with Crippen LogP contribution in [-0.2, 0) is 6.42 Å². The average Bonchev–Trinajstić information content (AvgIpc) is 2.97. The molecule has 1 aliphatic carbocycles. The number of nitrogens with zero attached hydrogens (tertiary/aromatic N) is 1. The molecule has 1 nitrogen and oxygen atoms in total. The number of rotatable bonds is 18. The quantitative estimate of drug-likeness (QED) is 0.182. The fraction of sp³-hybridized carbons (Fsp3) is 0.649. The number of nitriles is 1. The van der Waals surface area contributed by atoms with Crippen molar-refractivity contribution < 1.29 is 0 Å². The molecule has 0 amide bonds. The summed E-state index contributed by atoms with van der Waals surface area (Å²) in [7, 11) is 0. The molecule has 0 radical (unpaired) electrons. The zero-order chi connectivity index (χ0) is 26.9. The van der Waals surface area contributed by atoms with Gasteiger partial charge in [-0.3, -0.25) is 0 Å². The van der Waals surface area contributed by atoms with Crippen molar-refractivity contribution in [2.45, 2.75) is 148 Å². The third-order valence-electron chi connectivity index (χ3n) is 9.18. The topological polar surface area (TPSA) is 23.8 Å². The van der Waals surface area contributed by atoms with Gasteiger partial charge in [0, 0.05) is 0 Å². The van der Waals surface area contributed by atoms with Crippen molar-refractivity contribution in [3.8, 4) is 17.2 Å². The first-order valence-electron chi connectivity index (χ1n) is 16.3. The van der Waals surface area contributed by atoms with E-state index in [1.807, 2.05) is 0 Å². The highest BCUT2D eigenvalue weighted by Crippen LogP contribution is 2.46. The van der Waals surface area contributed by atoms with Crippen molar-refractivity contribution in [3.05, 3.63) is 59.7 Å². The van der Waals surface area contributed by atoms with E-state index in [1.165, 1.54) is 119 Å². The minimum atomic E-state index is -0.0589. The standard InChI is InChI=1S/C37H55N/c1-3-5-7-9-11-13-15-17-32-18-20-33(21-19-32)34-22-24-35(25-23-34)36-26-29-37(31-38,30-27-36)28-16-14-12-10-8-6-4-2/h18-25,36H,3-17,26-30H2,1-2H3. The second-order valence-corrected chi connectivity index (χ2v) is 12.2. The molecule has 0 spiro atoms. The molecule has 1 aliphatic rings. The van der Waals surface area contributed by atoms with Gasteiger partial charge in [0.2, 0.25) is 0 Å². The minimum absolute atomic E-state index is 0.0589. The van der Waals surface area contributed by atoms with E-state index in [0.717, 1.165) is 32.1 Å². The molecule has 1 saturated carbocycles. The first-order chi connectivity index (χ1) is 18.7. The molecular weight excluding hydrogens is 458 g/mol. The number of hydrogen-bond donors (Lipinski definition) is 0. The Balaban J connectivity index is 1.40. The minimum Gasteiger partial charge on any atom is -0.198 e. The Morgan fingerprint density at radius 3 is 1.63 bits per heavy atom. The van der Waals surface area contributed by atoms with E-state index in [9.17, 15) is 5.26 Å². The molecule has 0 atom stereocenters. The maximum atomic E-state index is 10.0. The molecule has 3 rings (SSSR count). The van der Waals surface area contributed by atoms with Crippen molar-refractivity contribution in [3.63, 3.8) is 0 Å². The van der Waals surface area contributed by atoms with Gasteiger partial charge in [0.25, 0.3) is 0 Å². The van der Waals surface area contributed by atoms with Crippen LogP contribution in [0.3, 0.4) is 0 Å². The Labute approximate surface area is 235 Å². The van der Waals surface area contributed by atoms with Gasteiger partial charge in [-0.05, 0) is 73.1 Å². The first-order valence-corrected chi connectivity index (χ1v) is 16.3. The summed E-state index contributed by atoms with van der Waals surface area (Å²) in [4.78, 5) is 0. The summed E-state index contributed by atoms with van der Waals surface area (Å²) >= 11 is 0. The van der Waals surface area contributed by atoms with Crippen LogP contribution in [0.5, 0.6) is 0 Å². The van der Waals surface area contributed by atoms with Crippen molar-refractivity contribution in [1.29, 1.82) is 5.26 Å². The highest BCUT2D eigenvalue weighted by Gasteiger charge is 2.35. The number of unbranched alkanes of at least 4 members (excludes halogenated alkanes) is 12. The lowest BCUT2D eigenvalue weighted by Crippen LogP contribution is -2.25. The second-order valence-electron chi connectivity index (χ2n) is 12.2. The molecule has 0 aromatic heterocycles.